The monoisotopic (exact) mass is 1170 g/mol. The number of rotatable bonds is 17. The van der Waals surface area contributed by atoms with Crippen molar-refractivity contribution in [3.63, 3.8) is 0 Å². The lowest BCUT2D eigenvalue weighted by molar-refractivity contribution is -0.373. The molecule has 9 N–H and O–H groups in total. The number of fused-ring (bicyclic) bond motifs is 5. The second-order valence-corrected chi connectivity index (χ2v) is 24.9. The van der Waals surface area contributed by atoms with Crippen molar-refractivity contribution in [3.8, 4) is 0 Å². The third-order valence-corrected chi connectivity index (χ3v) is 20.8. The Hall–Kier alpha value is -2.80. The number of methoxy groups -OCH3 is 3. The van der Waals surface area contributed by atoms with Gasteiger partial charge in [-0.3, -0.25) is 4.79 Å². The van der Waals surface area contributed by atoms with Crippen molar-refractivity contribution in [2.75, 3.05) is 40.3 Å². The van der Waals surface area contributed by atoms with Gasteiger partial charge in [-0.15, -0.1) is 0 Å². The van der Waals surface area contributed by atoms with Gasteiger partial charge < -0.3 is 108 Å². The Morgan fingerprint density at radius 2 is 1.30 bits per heavy atom. The smallest absolute Gasteiger partial charge is 0.340 e. The first kappa shape index (κ1) is 63.7. The van der Waals surface area contributed by atoms with Gasteiger partial charge >= 0.3 is 11.9 Å². The first-order chi connectivity index (χ1) is 38.8. The lowest BCUT2D eigenvalue weighted by Gasteiger charge is -2.69. The third kappa shape index (κ3) is 11.0. The van der Waals surface area contributed by atoms with Gasteiger partial charge in [0.05, 0.1) is 59.8 Å². The average Bonchev–Trinajstić information content (AvgIpc) is 2.26. The standard InChI is InChI=1S/C58H91NO23/c1-27-47(80-42-24-37(71-10)48(28(2)74-42)81-53-46(65)50(72-11)49(29(3)75-53)82-52-45(64)44(63)43(62)38(26-60)79-52)36(70-9)23-41(73-27)78-33-17-18-54(6)32(22-33)16-19-57(68)39(54)25-40(77-31(5)61)55(7)56(67,20-21-58(55,57)69)30(4)76-51(66)34-14-12-13-15-35(34)59-8/h12-15,27-30,32-33,36-50,52-53,59-60,62-65,67-69H,16-26H2,1-11H3/t27-,28-,29-,30+,32+,33+,36+,37+,38-,39?,40-,41+,42+,43-,44-,45-,46-,47-,48-,49-,50+,52+,53+,54+,55-,56-,57+,58-/m1/s1. The van der Waals surface area contributed by atoms with Crippen molar-refractivity contribution in [1.82, 2.24) is 0 Å². The molecular weight excluding hydrogens is 1080 g/mol. The van der Waals surface area contributed by atoms with Crippen molar-refractivity contribution >= 4 is 17.6 Å². The molecule has 1 unspecified atom stereocenters. The highest BCUT2D eigenvalue weighted by atomic mass is 16.8. The molecule has 1 aromatic rings. The molecule has 1 aromatic carbocycles. The van der Waals surface area contributed by atoms with Crippen molar-refractivity contribution in [3.05, 3.63) is 29.8 Å². The molecule has 0 amide bonds. The molecule has 0 spiro atoms. The van der Waals surface area contributed by atoms with Gasteiger partial charge in [-0.25, -0.2) is 4.79 Å². The summed E-state index contributed by atoms with van der Waals surface area (Å²) in [5, 5.41) is 94.7. The molecule has 8 aliphatic rings. The predicted octanol–water partition coefficient (Wildman–Crippen LogP) is 1.58. The number of aliphatic hydroxyl groups is 8. The number of benzene rings is 1. The van der Waals surface area contributed by atoms with Crippen LogP contribution in [0.3, 0.4) is 0 Å². The summed E-state index contributed by atoms with van der Waals surface area (Å²) in [6.07, 6.45) is -17.3. The second-order valence-electron chi connectivity index (χ2n) is 24.9. The molecule has 0 aromatic heterocycles. The quantitative estimate of drug-likeness (QED) is 0.0790. The van der Waals surface area contributed by atoms with Crippen LogP contribution >= 0.6 is 0 Å². The molecule has 82 heavy (non-hydrogen) atoms. The van der Waals surface area contributed by atoms with Gasteiger partial charge in [-0.1, -0.05) is 26.0 Å². The zero-order valence-corrected chi connectivity index (χ0v) is 49.1. The fourth-order valence-corrected chi connectivity index (χ4v) is 16.1. The summed E-state index contributed by atoms with van der Waals surface area (Å²) in [4.78, 5) is 26.6. The molecule has 0 bridgehead atoms. The highest BCUT2D eigenvalue weighted by Crippen LogP contribution is 2.72. The number of carbonyl (C=O) groups excluding carboxylic acids is 2. The molecule has 28 atom stereocenters. The fraction of sp³-hybridized carbons (Fsp3) is 0.862. The Labute approximate surface area is 479 Å². The zero-order chi connectivity index (χ0) is 59.6. The molecule has 0 radical (unpaired) electrons. The van der Waals surface area contributed by atoms with Crippen molar-refractivity contribution in [1.29, 1.82) is 0 Å². The minimum absolute atomic E-state index is 0.0151. The SMILES string of the molecule is CNc1ccccc1C(=O)O[C@@H](C)[C@]1(O)CC[C@@]2(O)[C@]1(C)[C@H](OC(C)=O)CC1[C@@]3(C)CC[C@H](O[C@H]4C[C@H](OC)[C@H](O[C@H]5C[C@H](OC)[C@H](O[C@@H]6O[C@H](C)[C@@H](O[C@@H]7O[C@H](CO)[C@@H](O)[C@@H](O)[C@H]7O)[C@@H](OC)[C@H]6O)[C@@H](C)O5)[C@@H](C)O4)C[C@@H]3CC[C@]12O. The minimum atomic E-state index is -1.93. The van der Waals surface area contributed by atoms with Gasteiger partial charge in [0, 0.05) is 53.8 Å². The molecule has 8 fully saturated rings. The Morgan fingerprint density at radius 1 is 0.695 bits per heavy atom. The van der Waals surface area contributed by atoms with E-state index >= 15 is 0 Å². The number of hydrogen-bond acceptors (Lipinski definition) is 24. The van der Waals surface area contributed by atoms with Crippen LogP contribution in [-0.2, 0) is 66.4 Å². The molecule has 4 aliphatic carbocycles. The molecule has 24 nitrogen and oxygen atoms in total. The third-order valence-electron chi connectivity index (χ3n) is 20.8. The number of carbonyl (C=O) groups is 2. The van der Waals surface area contributed by atoms with E-state index in [0.717, 1.165) is 0 Å². The number of hydrogen-bond donors (Lipinski definition) is 9. The van der Waals surface area contributed by atoms with E-state index in [4.69, 9.17) is 61.6 Å². The number of ether oxygens (including phenoxy) is 13. The van der Waals surface area contributed by atoms with Gasteiger partial charge in [-0.05, 0) is 108 Å². The summed E-state index contributed by atoms with van der Waals surface area (Å²) < 4.78 is 80.2. The molecule has 4 aliphatic heterocycles. The van der Waals surface area contributed by atoms with Crippen molar-refractivity contribution < 1.29 is 112 Å². The normalized spacial score (nSPS) is 48.9. The molecular formula is C58H91NO23. The maximum absolute atomic E-state index is 13.7. The fourth-order valence-electron chi connectivity index (χ4n) is 16.1. The highest BCUT2D eigenvalue weighted by molar-refractivity contribution is 5.95. The maximum Gasteiger partial charge on any atom is 0.340 e. The van der Waals surface area contributed by atoms with Gasteiger partial charge in [0.1, 0.15) is 78.3 Å². The summed E-state index contributed by atoms with van der Waals surface area (Å²) in [6.45, 7) is 11.4. The first-order valence-corrected chi connectivity index (χ1v) is 29.2. The molecule has 466 valence electrons. The Balaban J connectivity index is 0.805. The van der Waals surface area contributed by atoms with Gasteiger partial charge in [0.2, 0.25) is 0 Å². The Bertz CT molecular complexity index is 2360. The van der Waals surface area contributed by atoms with E-state index in [1.807, 2.05) is 6.92 Å². The number of esters is 2. The van der Waals surface area contributed by atoms with Crippen LogP contribution in [0.15, 0.2) is 24.3 Å². The summed E-state index contributed by atoms with van der Waals surface area (Å²) in [5.74, 6) is -1.74. The molecule has 4 saturated carbocycles. The maximum atomic E-state index is 13.7. The Kier molecular flexibility index (Phi) is 19.2. The van der Waals surface area contributed by atoms with Crippen molar-refractivity contribution in [2.24, 2.45) is 22.7 Å². The van der Waals surface area contributed by atoms with Gasteiger partial charge in [-0.2, -0.15) is 0 Å². The van der Waals surface area contributed by atoms with Crippen LogP contribution in [0.1, 0.15) is 123 Å². The number of anilines is 1. The van der Waals surface area contributed by atoms with Crippen LogP contribution in [0.25, 0.3) is 0 Å². The van der Waals surface area contributed by atoms with Crippen LogP contribution in [0, 0.1) is 22.7 Å². The van der Waals surface area contributed by atoms with Gasteiger partial charge in [0.25, 0.3) is 0 Å². The summed E-state index contributed by atoms with van der Waals surface area (Å²) in [5.41, 5.74) is -6.87. The van der Waals surface area contributed by atoms with E-state index in [-0.39, 0.29) is 49.7 Å². The lowest BCUT2D eigenvalue weighted by Crippen LogP contribution is -2.79. The minimum Gasteiger partial charge on any atom is -0.462 e. The highest BCUT2D eigenvalue weighted by Gasteiger charge is 2.82. The van der Waals surface area contributed by atoms with Crippen LogP contribution in [0.5, 0.6) is 0 Å². The summed E-state index contributed by atoms with van der Waals surface area (Å²) >= 11 is 0. The first-order valence-electron chi connectivity index (χ1n) is 29.2. The second kappa shape index (κ2) is 24.8. The largest absolute Gasteiger partial charge is 0.462 e. The van der Waals surface area contributed by atoms with Crippen LogP contribution in [-0.4, -0.2) is 234 Å². The van der Waals surface area contributed by atoms with E-state index in [9.17, 15) is 50.4 Å². The summed E-state index contributed by atoms with van der Waals surface area (Å²) in [7, 11) is 6.19. The molecule has 24 heteroatoms. The predicted molar refractivity (Wildman–Crippen MR) is 285 cm³/mol. The number of nitrogens with one attached hydrogen (secondary N) is 1. The number of aliphatic hydroxyl groups excluding tert-OH is 5. The molecule has 4 heterocycles. The van der Waals surface area contributed by atoms with E-state index in [1.165, 1.54) is 21.1 Å². The van der Waals surface area contributed by atoms with Crippen molar-refractivity contribution in [2.45, 2.75) is 258 Å². The molecule has 4 saturated heterocycles. The van der Waals surface area contributed by atoms with E-state index < -0.39 is 175 Å². The lowest BCUT2D eigenvalue weighted by atomic mass is 9.40. The summed E-state index contributed by atoms with van der Waals surface area (Å²) in [6, 6.07) is 6.86. The van der Waals surface area contributed by atoms with Crippen LogP contribution in [0.4, 0.5) is 5.69 Å². The Morgan fingerprint density at radius 3 is 1.93 bits per heavy atom. The average molecular weight is 1170 g/mol. The zero-order valence-electron chi connectivity index (χ0n) is 49.1. The topological polar surface area (TPSA) is 328 Å². The van der Waals surface area contributed by atoms with Crippen LogP contribution < -0.4 is 5.32 Å². The van der Waals surface area contributed by atoms with Gasteiger partial charge in [0.15, 0.2) is 25.2 Å². The molecule has 9 rings (SSSR count). The number of para-hydroxylation sites is 1. The van der Waals surface area contributed by atoms with Crippen LogP contribution in [0.2, 0.25) is 0 Å². The van der Waals surface area contributed by atoms with E-state index in [1.54, 1.807) is 66.1 Å². The van der Waals surface area contributed by atoms with E-state index in [2.05, 4.69) is 12.2 Å². The van der Waals surface area contributed by atoms with E-state index in [0.29, 0.717) is 37.8 Å².